The van der Waals surface area contributed by atoms with E-state index in [2.05, 4.69) is 11.1 Å². The Morgan fingerprint density at radius 3 is 2.53 bits per heavy atom. The molecule has 1 aliphatic carbocycles. The van der Waals surface area contributed by atoms with Crippen molar-refractivity contribution in [2.24, 2.45) is 0 Å². The van der Waals surface area contributed by atoms with E-state index in [9.17, 15) is 5.26 Å². The maximum Gasteiger partial charge on any atom is 0.179 e. The molecule has 0 aliphatic heterocycles. The van der Waals surface area contributed by atoms with Crippen molar-refractivity contribution in [3.8, 4) is 23.3 Å². The summed E-state index contributed by atoms with van der Waals surface area (Å²) in [6.45, 7) is 0. The van der Waals surface area contributed by atoms with Crippen molar-refractivity contribution in [1.82, 2.24) is 4.98 Å². The first kappa shape index (κ1) is 19.8. The molecule has 1 saturated carbocycles. The first-order valence-corrected chi connectivity index (χ1v) is 10.1. The normalized spacial score (nSPS) is 14.5. The van der Waals surface area contributed by atoms with E-state index in [4.69, 9.17) is 14.2 Å². The number of pyridine rings is 1. The SMILES string of the molecule is COc1cnc(/C(C#N)=C/c2c(OC)ccc3ccccc23)cc1OC1CCCC1. The number of ether oxygens (including phenoxy) is 3. The van der Waals surface area contributed by atoms with E-state index in [-0.39, 0.29) is 6.10 Å². The molecule has 3 aromatic rings. The molecule has 1 heterocycles. The summed E-state index contributed by atoms with van der Waals surface area (Å²) < 4.78 is 17.2. The van der Waals surface area contributed by atoms with Crippen LogP contribution in [0.4, 0.5) is 0 Å². The summed E-state index contributed by atoms with van der Waals surface area (Å²) in [5, 5.41) is 12.0. The van der Waals surface area contributed by atoms with Crippen LogP contribution in [0.1, 0.15) is 36.9 Å². The van der Waals surface area contributed by atoms with Crippen LogP contribution in [0, 0.1) is 11.3 Å². The third-order valence-corrected chi connectivity index (χ3v) is 5.48. The molecule has 0 unspecified atom stereocenters. The van der Waals surface area contributed by atoms with Gasteiger partial charge in [-0.3, -0.25) is 4.98 Å². The predicted octanol–water partition coefficient (Wildman–Crippen LogP) is 5.64. The molecule has 0 amide bonds. The molecule has 0 saturated heterocycles. The molecule has 2 aromatic carbocycles. The zero-order chi connectivity index (χ0) is 20.9. The quantitative estimate of drug-likeness (QED) is 0.501. The van der Waals surface area contributed by atoms with Gasteiger partial charge in [0.25, 0.3) is 0 Å². The Bertz CT molecular complexity index is 1120. The van der Waals surface area contributed by atoms with E-state index < -0.39 is 0 Å². The van der Waals surface area contributed by atoms with E-state index >= 15 is 0 Å². The summed E-state index contributed by atoms with van der Waals surface area (Å²) in [6.07, 6.45) is 8.05. The second-order valence-corrected chi connectivity index (χ2v) is 7.32. The molecular formula is C25H24N2O3. The lowest BCUT2D eigenvalue weighted by Gasteiger charge is -2.16. The molecule has 1 aromatic heterocycles. The van der Waals surface area contributed by atoms with Gasteiger partial charge in [0.1, 0.15) is 11.8 Å². The molecule has 0 radical (unpaired) electrons. The maximum absolute atomic E-state index is 9.91. The smallest absolute Gasteiger partial charge is 0.179 e. The fraction of sp³-hybridized carbons (Fsp3) is 0.280. The number of aromatic nitrogens is 1. The maximum atomic E-state index is 9.91. The topological polar surface area (TPSA) is 64.4 Å². The summed E-state index contributed by atoms with van der Waals surface area (Å²) in [6, 6.07) is 16.0. The van der Waals surface area contributed by atoms with E-state index in [1.807, 2.05) is 42.5 Å². The Kier molecular flexibility index (Phi) is 5.85. The van der Waals surface area contributed by atoms with Gasteiger partial charge in [0.15, 0.2) is 11.5 Å². The van der Waals surface area contributed by atoms with Crippen molar-refractivity contribution >= 4 is 22.4 Å². The summed E-state index contributed by atoms with van der Waals surface area (Å²) in [7, 11) is 3.23. The van der Waals surface area contributed by atoms with E-state index in [1.165, 1.54) is 12.8 Å². The number of rotatable bonds is 6. The standard InChI is InChI=1S/C25H24N2O3/c1-28-23-12-11-17-7-3-6-10-20(17)21(23)13-18(15-26)22-14-24(25(29-2)16-27-22)30-19-8-4-5-9-19/h3,6-7,10-14,16,19H,4-5,8-9H2,1-2H3/b18-13+. The van der Waals surface area contributed by atoms with Gasteiger partial charge < -0.3 is 14.2 Å². The van der Waals surface area contributed by atoms with Crippen LogP contribution in [0.2, 0.25) is 0 Å². The summed E-state index contributed by atoms with van der Waals surface area (Å²) >= 11 is 0. The molecule has 0 N–H and O–H groups in total. The van der Waals surface area contributed by atoms with Gasteiger partial charge >= 0.3 is 0 Å². The lowest BCUT2D eigenvalue weighted by molar-refractivity contribution is 0.200. The van der Waals surface area contributed by atoms with Gasteiger partial charge in [0.2, 0.25) is 0 Å². The average molecular weight is 400 g/mol. The van der Waals surface area contributed by atoms with Gasteiger partial charge in [-0.1, -0.05) is 30.3 Å². The lowest BCUT2D eigenvalue weighted by atomic mass is 10.00. The monoisotopic (exact) mass is 400 g/mol. The molecule has 0 atom stereocenters. The van der Waals surface area contributed by atoms with E-state index in [1.54, 1.807) is 26.5 Å². The summed E-state index contributed by atoms with van der Waals surface area (Å²) in [5.74, 6) is 1.91. The number of methoxy groups -OCH3 is 2. The van der Waals surface area contributed by atoms with Crippen LogP contribution < -0.4 is 14.2 Å². The van der Waals surface area contributed by atoms with Crippen LogP contribution in [-0.4, -0.2) is 25.3 Å². The van der Waals surface area contributed by atoms with Crippen LogP contribution in [-0.2, 0) is 0 Å². The van der Waals surface area contributed by atoms with Gasteiger partial charge in [-0.15, -0.1) is 0 Å². The molecule has 30 heavy (non-hydrogen) atoms. The van der Waals surface area contributed by atoms with Gasteiger partial charge in [0, 0.05) is 11.6 Å². The van der Waals surface area contributed by atoms with Crippen LogP contribution in [0.5, 0.6) is 17.2 Å². The van der Waals surface area contributed by atoms with E-state index in [0.717, 1.165) is 29.2 Å². The van der Waals surface area contributed by atoms with Gasteiger partial charge in [-0.05, 0) is 48.6 Å². The molecule has 1 aliphatic rings. The molecule has 5 heteroatoms. The Balaban J connectivity index is 1.79. The summed E-state index contributed by atoms with van der Waals surface area (Å²) in [4.78, 5) is 4.45. The van der Waals surface area contributed by atoms with Crippen LogP contribution in [0.15, 0.2) is 48.7 Å². The number of hydrogen-bond acceptors (Lipinski definition) is 5. The molecule has 0 spiro atoms. The van der Waals surface area contributed by atoms with Crippen molar-refractivity contribution in [1.29, 1.82) is 5.26 Å². The largest absolute Gasteiger partial charge is 0.496 e. The fourth-order valence-corrected chi connectivity index (χ4v) is 3.91. The highest BCUT2D eigenvalue weighted by atomic mass is 16.5. The zero-order valence-corrected chi connectivity index (χ0v) is 17.2. The Hall–Kier alpha value is -3.52. The van der Waals surface area contributed by atoms with Gasteiger partial charge in [0.05, 0.1) is 37.8 Å². The van der Waals surface area contributed by atoms with Crippen molar-refractivity contribution in [3.63, 3.8) is 0 Å². The molecule has 4 rings (SSSR count). The van der Waals surface area contributed by atoms with Crippen molar-refractivity contribution < 1.29 is 14.2 Å². The highest BCUT2D eigenvalue weighted by molar-refractivity contribution is 6.00. The third-order valence-electron chi connectivity index (χ3n) is 5.48. The Morgan fingerprint density at radius 2 is 1.80 bits per heavy atom. The first-order chi connectivity index (χ1) is 14.7. The lowest BCUT2D eigenvalue weighted by Crippen LogP contribution is -2.12. The minimum atomic E-state index is 0.182. The van der Waals surface area contributed by atoms with Crippen molar-refractivity contribution in [2.45, 2.75) is 31.8 Å². The van der Waals surface area contributed by atoms with Crippen molar-refractivity contribution in [3.05, 3.63) is 59.9 Å². The number of fused-ring (bicyclic) bond motifs is 1. The number of hydrogen-bond donors (Lipinski definition) is 0. The zero-order valence-electron chi connectivity index (χ0n) is 17.2. The summed E-state index contributed by atoms with van der Waals surface area (Å²) in [5.41, 5.74) is 1.83. The predicted molar refractivity (Wildman–Crippen MR) is 118 cm³/mol. The second-order valence-electron chi connectivity index (χ2n) is 7.32. The minimum Gasteiger partial charge on any atom is -0.496 e. The average Bonchev–Trinajstić information content (AvgIpc) is 3.30. The number of benzene rings is 2. The third kappa shape index (κ3) is 3.95. The van der Waals surface area contributed by atoms with Crippen LogP contribution in [0.25, 0.3) is 22.4 Å². The van der Waals surface area contributed by atoms with Crippen LogP contribution >= 0.6 is 0 Å². The molecule has 152 valence electrons. The van der Waals surface area contributed by atoms with Gasteiger partial charge in [-0.2, -0.15) is 5.26 Å². The minimum absolute atomic E-state index is 0.182. The number of allylic oxidation sites excluding steroid dienone is 1. The highest BCUT2D eigenvalue weighted by Gasteiger charge is 2.20. The highest BCUT2D eigenvalue weighted by Crippen LogP contribution is 2.35. The molecule has 1 fully saturated rings. The molecular weight excluding hydrogens is 376 g/mol. The second kappa shape index (κ2) is 8.87. The van der Waals surface area contributed by atoms with E-state index in [0.29, 0.717) is 28.5 Å². The number of nitriles is 1. The fourth-order valence-electron chi connectivity index (χ4n) is 3.91. The van der Waals surface area contributed by atoms with Crippen molar-refractivity contribution in [2.75, 3.05) is 14.2 Å². The Morgan fingerprint density at radius 1 is 1.03 bits per heavy atom. The first-order valence-electron chi connectivity index (χ1n) is 10.1. The molecule has 5 nitrogen and oxygen atoms in total. The Labute approximate surface area is 176 Å². The molecule has 0 bridgehead atoms. The van der Waals surface area contributed by atoms with Gasteiger partial charge in [-0.25, -0.2) is 0 Å². The number of nitrogens with zero attached hydrogens (tertiary/aromatic N) is 2. The van der Waals surface area contributed by atoms with Crippen LogP contribution in [0.3, 0.4) is 0 Å².